The highest BCUT2D eigenvalue weighted by Gasteiger charge is 2.36. The number of imide groups is 1. The molecular weight excluding hydrogens is 402 g/mol. The lowest BCUT2D eigenvalue weighted by molar-refractivity contribution is 0.0668. The highest BCUT2D eigenvalue weighted by atomic mass is 35.5. The molecule has 1 saturated carbocycles. The number of pyridine rings is 1. The molecule has 1 fully saturated rings. The van der Waals surface area contributed by atoms with Gasteiger partial charge in [-0.2, -0.15) is 0 Å². The average molecular weight is 422 g/mol. The van der Waals surface area contributed by atoms with Crippen molar-refractivity contribution in [3.63, 3.8) is 0 Å². The summed E-state index contributed by atoms with van der Waals surface area (Å²) in [5.41, 5.74) is 2.10. The van der Waals surface area contributed by atoms with Crippen LogP contribution >= 0.6 is 11.6 Å². The first kappa shape index (κ1) is 20.1. The first-order valence-corrected chi connectivity index (χ1v) is 10.2. The number of hydrogen-bond donors (Lipinski definition) is 0. The van der Waals surface area contributed by atoms with Gasteiger partial charge in [-0.05, 0) is 44.9 Å². The van der Waals surface area contributed by atoms with Crippen molar-refractivity contribution in [1.29, 1.82) is 0 Å². The van der Waals surface area contributed by atoms with Gasteiger partial charge in [0.05, 0.1) is 22.7 Å². The molecule has 0 bridgehead atoms. The summed E-state index contributed by atoms with van der Waals surface area (Å²) in [5, 5.41) is 4.48. The minimum Gasteiger partial charge on any atom is -0.393 e. The fraction of sp³-hybridized carbons (Fsp3) is 0.304. The van der Waals surface area contributed by atoms with E-state index in [1.54, 1.807) is 36.5 Å². The van der Waals surface area contributed by atoms with Crippen LogP contribution in [0.2, 0.25) is 5.02 Å². The topological polar surface area (TPSA) is 71.9 Å². The molecule has 0 radical (unpaired) electrons. The molecule has 7 heteroatoms. The third kappa shape index (κ3) is 4.22. The average Bonchev–Trinajstić information content (AvgIpc) is 3.53. The van der Waals surface area contributed by atoms with Crippen LogP contribution in [0.1, 0.15) is 58.7 Å². The van der Waals surface area contributed by atoms with Crippen LogP contribution in [-0.2, 0) is 4.84 Å². The smallest absolute Gasteiger partial charge is 0.261 e. The van der Waals surface area contributed by atoms with E-state index in [0.29, 0.717) is 39.0 Å². The number of nitrogens with zero attached hydrogens (tertiary/aromatic N) is 3. The maximum Gasteiger partial charge on any atom is 0.261 e. The minimum absolute atomic E-state index is 0.0983. The van der Waals surface area contributed by atoms with Gasteiger partial charge < -0.3 is 4.84 Å². The molecule has 2 amide bonds. The second kappa shape index (κ2) is 8.29. The van der Waals surface area contributed by atoms with Crippen molar-refractivity contribution in [2.45, 2.75) is 32.8 Å². The molecule has 0 unspecified atom stereocenters. The first-order chi connectivity index (χ1) is 14.4. The molecule has 0 spiro atoms. The summed E-state index contributed by atoms with van der Waals surface area (Å²) in [6.45, 7) is 3.56. The molecule has 2 heterocycles. The van der Waals surface area contributed by atoms with E-state index in [0.717, 1.165) is 17.7 Å². The van der Waals surface area contributed by atoms with Gasteiger partial charge in [0.1, 0.15) is 17.5 Å². The van der Waals surface area contributed by atoms with Crippen LogP contribution in [0.25, 0.3) is 0 Å². The Morgan fingerprint density at radius 1 is 1.27 bits per heavy atom. The van der Waals surface area contributed by atoms with Crippen LogP contribution in [-0.4, -0.2) is 40.1 Å². The van der Waals surface area contributed by atoms with E-state index in [2.05, 4.69) is 22.0 Å². The molecule has 2 aromatic rings. The van der Waals surface area contributed by atoms with Gasteiger partial charge in [0.25, 0.3) is 11.8 Å². The van der Waals surface area contributed by atoms with E-state index in [4.69, 9.17) is 16.4 Å². The number of rotatable bonds is 5. The van der Waals surface area contributed by atoms with Crippen LogP contribution in [0.15, 0.2) is 41.7 Å². The van der Waals surface area contributed by atoms with Crippen molar-refractivity contribution in [3.05, 3.63) is 63.9 Å². The van der Waals surface area contributed by atoms with Crippen LogP contribution in [0, 0.1) is 17.8 Å². The number of carbonyl (C=O) groups is 2. The van der Waals surface area contributed by atoms with E-state index < -0.39 is 0 Å². The Labute approximate surface area is 179 Å². The molecule has 0 N–H and O–H groups in total. The number of oxime groups is 1. The zero-order valence-electron chi connectivity index (χ0n) is 16.7. The predicted octanol–water partition coefficient (Wildman–Crippen LogP) is 3.92. The largest absolute Gasteiger partial charge is 0.393 e. The molecule has 0 saturated heterocycles. The fourth-order valence-electron chi connectivity index (χ4n) is 2.98. The zero-order chi connectivity index (χ0) is 21.3. The van der Waals surface area contributed by atoms with Crippen LogP contribution in [0.4, 0.5) is 0 Å². The van der Waals surface area contributed by atoms with Crippen molar-refractivity contribution in [2.24, 2.45) is 11.1 Å². The Balaban J connectivity index is 1.63. The monoisotopic (exact) mass is 421 g/mol. The molecular formula is C23H20ClN3O3. The third-order valence-corrected chi connectivity index (χ3v) is 4.96. The Morgan fingerprint density at radius 3 is 2.50 bits per heavy atom. The summed E-state index contributed by atoms with van der Waals surface area (Å²) in [4.78, 5) is 36.4. The number of hydrogen-bond acceptors (Lipinski definition) is 5. The van der Waals surface area contributed by atoms with Crippen LogP contribution in [0.5, 0.6) is 0 Å². The lowest BCUT2D eigenvalue weighted by atomic mass is 10.1. The molecule has 2 aliphatic rings. The van der Waals surface area contributed by atoms with Crippen LogP contribution < -0.4 is 0 Å². The lowest BCUT2D eigenvalue weighted by Gasteiger charge is -2.16. The molecule has 1 aromatic carbocycles. The minimum atomic E-state index is -0.379. The van der Waals surface area contributed by atoms with Gasteiger partial charge in [0.2, 0.25) is 0 Å². The fourth-order valence-corrected chi connectivity index (χ4v) is 3.26. The van der Waals surface area contributed by atoms with Crippen molar-refractivity contribution in [2.75, 3.05) is 6.54 Å². The van der Waals surface area contributed by atoms with Gasteiger partial charge in [0.15, 0.2) is 0 Å². The summed E-state index contributed by atoms with van der Waals surface area (Å²) in [7, 11) is 0. The summed E-state index contributed by atoms with van der Waals surface area (Å²) in [6, 6.07) is 8.44. The standard InChI is InChI=1S/C23H20ClN3O3/c1-14(2)30-26-20(13-27-22(28)17-5-3-4-6-18(17)23(27)29)21-19(24)11-16(12-25-21)10-9-15-7-8-15/h3-6,11-12,14-15H,7-8,13H2,1-2H3/b26-20-. The molecule has 6 nitrogen and oxygen atoms in total. The van der Waals surface area contributed by atoms with Gasteiger partial charge in [-0.1, -0.05) is 40.7 Å². The van der Waals surface area contributed by atoms with Crippen molar-refractivity contribution < 1.29 is 14.4 Å². The normalized spacial score (nSPS) is 15.9. The zero-order valence-corrected chi connectivity index (χ0v) is 17.4. The number of aromatic nitrogens is 1. The maximum absolute atomic E-state index is 12.7. The number of fused-ring (bicyclic) bond motifs is 1. The van der Waals surface area contributed by atoms with Crippen molar-refractivity contribution >= 4 is 29.1 Å². The summed E-state index contributed by atoms with van der Waals surface area (Å²) in [5.74, 6) is 5.95. The molecule has 1 aromatic heterocycles. The molecule has 4 rings (SSSR count). The van der Waals surface area contributed by atoms with Gasteiger partial charge in [0, 0.05) is 17.7 Å². The Bertz CT molecular complexity index is 1080. The van der Waals surface area contributed by atoms with Crippen LogP contribution in [0.3, 0.4) is 0 Å². The Hall–Kier alpha value is -3.17. The van der Waals surface area contributed by atoms with E-state index >= 15 is 0 Å². The van der Waals surface area contributed by atoms with Crippen molar-refractivity contribution in [1.82, 2.24) is 9.88 Å². The SMILES string of the molecule is CC(C)O/N=C(/CN1C(=O)c2ccccc2C1=O)c1ncc(C#CC2CC2)cc1Cl. The number of halogens is 1. The van der Waals surface area contributed by atoms with E-state index in [9.17, 15) is 9.59 Å². The highest BCUT2D eigenvalue weighted by molar-refractivity contribution is 6.34. The second-order valence-electron chi connectivity index (χ2n) is 7.53. The highest BCUT2D eigenvalue weighted by Crippen LogP contribution is 2.28. The van der Waals surface area contributed by atoms with E-state index in [-0.39, 0.29) is 24.5 Å². The van der Waals surface area contributed by atoms with E-state index in [1.807, 2.05) is 13.8 Å². The van der Waals surface area contributed by atoms with Gasteiger partial charge >= 0.3 is 0 Å². The van der Waals surface area contributed by atoms with Gasteiger partial charge in [-0.15, -0.1) is 0 Å². The molecule has 0 atom stereocenters. The first-order valence-electron chi connectivity index (χ1n) is 9.79. The Morgan fingerprint density at radius 2 is 1.93 bits per heavy atom. The quantitative estimate of drug-likeness (QED) is 0.317. The number of benzene rings is 1. The summed E-state index contributed by atoms with van der Waals surface area (Å²) >= 11 is 6.46. The molecule has 152 valence electrons. The Kier molecular flexibility index (Phi) is 5.56. The van der Waals surface area contributed by atoms with Crippen molar-refractivity contribution in [3.8, 4) is 11.8 Å². The summed E-state index contributed by atoms with van der Waals surface area (Å²) < 4.78 is 0. The lowest BCUT2D eigenvalue weighted by Crippen LogP contribution is -2.35. The number of amides is 2. The van der Waals surface area contributed by atoms with Gasteiger partial charge in [-0.25, -0.2) is 0 Å². The molecule has 1 aliphatic heterocycles. The third-order valence-electron chi connectivity index (χ3n) is 4.67. The second-order valence-corrected chi connectivity index (χ2v) is 7.94. The molecule has 1 aliphatic carbocycles. The van der Waals surface area contributed by atoms with E-state index in [1.165, 1.54) is 0 Å². The molecule has 30 heavy (non-hydrogen) atoms. The maximum atomic E-state index is 12.7. The predicted molar refractivity (Wildman–Crippen MR) is 113 cm³/mol. The summed E-state index contributed by atoms with van der Waals surface area (Å²) in [6.07, 6.45) is 3.69. The number of carbonyl (C=O) groups excluding carboxylic acids is 2. The van der Waals surface area contributed by atoms with Gasteiger partial charge in [-0.3, -0.25) is 19.5 Å².